The van der Waals surface area contributed by atoms with Crippen molar-refractivity contribution >= 4 is 42.1 Å². The number of carbonyl (C=O) groups excluding carboxylic acids is 2. The fourth-order valence-electron chi connectivity index (χ4n) is 8.96. The number of amides is 2. The first-order valence-electron chi connectivity index (χ1n) is 18.5. The van der Waals surface area contributed by atoms with Crippen molar-refractivity contribution in [3.8, 4) is 11.5 Å². The van der Waals surface area contributed by atoms with E-state index in [-0.39, 0.29) is 42.6 Å². The van der Waals surface area contributed by atoms with Crippen molar-refractivity contribution in [1.29, 1.82) is 0 Å². The molecule has 1 saturated heterocycles. The predicted octanol–water partition coefficient (Wildman–Crippen LogP) is 5.73. The van der Waals surface area contributed by atoms with Gasteiger partial charge in [-0.2, -0.15) is 0 Å². The average molecular weight is 744 g/mol. The Morgan fingerprint density at radius 3 is 2.48 bits per heavy atom. The van der Waals surface area contributed by atoms with Gasteiger partial charge in [-0.15, -0.1) is 5.10 Å². The lowest BCUT2D eigenvalue weighted by Crippen LogP contribution is -2.51. The Labute approximate surface area is 316 Å². The molecule has 1 N–H and O–H groups in total. The van der Waals surface area contributed by atoms with Crippen LogP contribution in [0.5, 0.6) is 11.5 Å². The molecule has 3 aliphatic rings. The van der Waals surface area contributed by atoms with Crippen LogP contribution in [0.4, 0.5) is 17.1 Å². The van der Waals surface area contributed by atoms with E-state index in [1.54, 1.807) is 16.7 Å². The third kappa shape index (κ3) is 5.98. The number of ether oxygens (including phenoxy) is 3. The minimum absolute atomic E-state index is 0.00118. The zero-order chi connectivity index (χ0) is 37.6. The topological polar surface area (TPSA) is 119 Å². The molecule has 4 heterocycles. The first-order chi connectivity index (χ1) is 26.1. The summed E-state index contributed by atoms with van der Waals surface area (Å²) < 4.78 is 20.5. The second-order valence-electron chi connectivity index (χ2n) is 15.0. The molecule has 4 aromatic carbocycles. The lowest BCUT2D eigenvalue weighted by molar-refractivity contribution is -0.146. The molecule has 0 aliphatic carbocycles. The van der Waals surface area contributed by atoms with Gasteiger partial charge >= 0.3 is 0 Å². The van der Waals surface area contributed by atoms with Crippen LogP contribution in [0.25, 0.3) is 0 Å². The van der Waals surface area contributed by atoms with Crippen molar-refractivity contribution in [2.75, 3.05) is 30.1 Å². The molecule has 11 nitrogen and oxygen atoms in total. The molecule has 3 aliphatic heterocycles. The number of hydrogen-bond donors (Lipinski definition) is 1. The number of aromatic nitrogens is 3. The largest absolute Gasteiger partial charge is 0.497 e. The summed E-state index contributed by atoms with van der Waals surface area (Å²) in [5.74, 6) is 0.896. The van der Waals surface area contributed by atoms with Crippen molar-refractivity contribution in [3.63, 3.8) is 0 Å². The maximum atomic E-state index is 15.4. The van der Waals surface area contributed by atoms with Crippen LogP contribution in [0.1, 0.15) is 30.2 Å². The van der Waals surface area contributed by atoms with Gasteiger partial charge in [0.1, 0.15) is 11.5 Å². The van der Waals surface area contributed by atoms with Crippen molar-refractivity contribution in [1.82, 2.24) is 15.0 Å². The predicted molar refractivity (Wildman–Crippen MR) is 208 cm³/mol. The van der Waals surface area contributed by atoms with E-state index >= 15 is 4.79 Å². The van der Waals surface area contributed by atoms with Crippen LogP contribution in [0.3, 0.4) is 0 Å². The summed E-state index contributed by atoms with van der Waals surface area (Å²) in [5, 5.41) is 19.3. The van der Waals surface area contributed by atoms with Gasteiger partial charge in [-0.25, -0.2) is 0 Å². The summed E-state index contributed by atoms with van der Waals surface area (Å²) >= 11 is 0. The number of aliphatic hydroxyl groups excluding tert-OH is 1. The number of hydrogen-bond acceptors (Lipinski definition) is 8. The molecule has 0 saturated carbocycles. The van der Waals surface area contributed by atoms with Gasteiger partial charge in [0.2, 0.25) is 0 Å². The lowest BCUT2D eigenvalue weighted by atomic mass is 9.82. The summed E-state index contributed by atoms with van der Waals surface area (Å²) in [5.41, 5.74) is 3.29. The minimum Gasteiger partial charge on any atom is -0.497 e. The smallest absolute Gasteiger partial charge is 0.269 e. The third-order valence-electron chi connectivity index (χ3n) is 11.6. The number of carbonyl (C=O) groups is 2. The molecule has 12 heteroatoms. The second-order valence-corrected chi connectivity index (χ2v) is 19.6. The van der Waals surface area contributed by atoms with Gasteiger partial charge < -0.3 is 24.2 Å². The Morgan fingerprint density at radius 2 is 1.72 bits per heavy atom. The summed E-state index contributed by atoms with van der Waals surface area (Å²) in [7, 11) is -0.741. The summed E-state index contributed by atoms with van der Waals surface area (Å²) in [6.07, 6.45) is 2.59. The molecule has 0 unspecified atom stereocenters. The molecule has 1 aromatic heterocycles. The maximum absolute atomic E-state index is 15.4. The van der Waals surface area contributed by atoms with E-state index in [0.29, 0.717) is 43.1 Å². The van der Waals surface area contributed by atoms with Crippen LogP contribution >= 0.6 is 0 Å². The Bertz CT molecular complexity index is 2180. The number of fused-ring (bicyclic) bond motifs is 3. The van der Waals surface area contributed by atoms with Gasteiger partial charge in [0.15, 0.2) is 12.2 Å². The normalized spacial score (nSPS) is 22.1. The number of benzene rings is 4. The first-order valence-corrected chi connectivity index (χ1v) is 21.6. The van der Waals surface area contributed by atoms with Crippen molar-refractivity contribution in [2.24, 2.45) is 5.92 Å². The standard InChI is InChI=1S/C42H45N5O6Si/c1-28-40(54(3,4)33-17-15-32(51-2)16-18-33)38(20-22-45-26-30(21-23-48)43-44-45)53-42(28)34-24-31(47-36-12-8-9-13-37(36)52-27-39(47)49)14-19-35(34)46(41(42)50)25-29-10-6-5-7-11-29/h5-19,24,26,28,38,40,48H,20-23,25,27H2,1-4H3/t28-,38+,40-,42+/m1/s1. The van der Waals surface area contributed by atoms with Crippen LogP contribution in [-0.2, 0) is 39.4 Å². The Balaban J connectivity index is 1.26. The van der Waals surface area contributed by atoms with Crippen LogP contribution in [-0.4, -0.2) is 66.4 Å². The van der Waals surface area contributed by atoms with Gasteiger partial charge in [0.25, 0.3) is 11.8 Å². The molecule has 2 amide bonds. The molecule has 54 heavy (non-hydrogen) atoms. The zero-order valence-corrected chi connectivity index (χ0v) is 32.0. The molecule has 1 fully saturated rings. The molecule has 1 spiro atoms. The Kier molecular flexibility index (Phi) is 9.37. The van der Waals surface area contributed by atoms with Gasteiger partial charge in [-0.1, -0.05) is 85.0 Å². The Hall–Kier alpha value is -5.30. The fourth-order valence-corrected chi connectivity index (χ4v) is 13.0. The van der Waals surface area contributed by atoms with E-state index in [0.717, 1.165) is 28.3 Å². The number of nitrogens with zero attached hydrogens (tertiary/aromatic N) is 5. The molecule has 0 radical (unpaired) electrons. The Morgan fingerprint density at radius 1 is 0.963 bits per heavy atom. The van der Waals surface area contributed by atoms with E-state index in [4.69, 9.17) is 14.2 Å². The molecule has 0 bridgehead atoms. The second kappa shape index (κ2) is 14.2. The molecular formula is C42H45N5O6Si. The number of aliphatic hydroxyl groups is 1. The average Bonchev–Trinajstić information content (AvgIpc) is 3.84. The van der Waals surface area contributed by atoms with Gasteiger partial charge in [0.05, 0.1) is 44.9 Å². The van der Waals surface area contributed by atoms with Crippen molar-refractivity contribution < 1.29 is 28.9 Å². The monoisotopic (exact) mass is 743 g/mol. The van der Waals surface area contributed by atoms with E-state index in [2.05, 4.69) is 42.5 Å². The maximum Gasteiger partial charge on any atom is 0.269 e. The van der Waals surface area contributed by atoms with Crippen LogP contribution < -0.4 is 24.5 Å². The third-order valence-corrected chi connectivity index (χ3v) is 15.9. The molecule has 5 aromatic rings. The van der Waals surface area contributed by atoms with E-state index in [1.807, 2.05) is 96.0 Å². The van der Waals surface area contributed by atoms with Crippen molar-refractivity contribution in [2.45, 2.75) is 63.2 Å². The highest BCUT2D eigenvalue weighted by Gasteiger charge is 2.66. The molecule has 278 valence electrons. The van der Waals surface area contributed by atoms with Crippen LogP contribution in [0, 0.1) is 5.92 Å². The number of anilines is 3. The zero-order valence-electron chi connectivity index (χ0n) is 31.0. The molecule has 8 rings (SSSR count). The molecule has 4 atom stereocenters. The van der Waals surface area contributed by atoms with Gasteiger partial charge in [-0.05, 0) is 60.0 Å². The lowest BCUT2D eigenvalue weighted by Gasteiger charge is -2.37. The fraction of sp³-hybridized carbons (Fsp3) is 0.333. The van der Waals surface area contributed by atoms with Crippen LogP contribution in [0.2, 0.25) is 18.6 Å². The first kappa shape index (κ1) is 35.7. The van der Waals surface area contributed by atoms with E-state index in [9.17, 15) is 9.90 Å². The summed E-state index contributed by atoms with van der Waals surface area (Å²) in [6.45, 7) is 7.73. The minimum atomic E-state index is -2.41. The SMILES string of the molecule is COc1ccc([Si](C)(C)[C@H]2[C@H](CCn3cc(CCO)nn3)O[C@@]3(C(=O)N(Cc4ccccc4)c4ccc(N5C(=O)COc6ccccc65)cc43)[C@@H]2C)cc1. The highest BCUT2D eigenvalue weighted by Crippen LogP contribution is 2.61. The highest BCUT2D eigenvalue weighted by molar-refractivity contribution is 6.91. The highest BCUT2D eigenvalue weighted by atomic mass is 28.3. The summed E-state index contributed by atoms with van der Waals surface area (Å²) in [6, 6.07) is 31.7. The number of methoxy groups -OCH3 is 1. The number of aryl methyl sites for hydroxylation is 1. The van der Waals surface area contributed by atoms with E-state index in [1.165, 1.54) is 5.19 Å². The quantitative estimate of drug-likeness (QED) is 0.171. The van der Waals surface area contributed by atoms with E-state index < -0.39 is 13.7 Å². The van der Waals surface area contributed by atoms with Crippen LogP contribution in [0.15, 0.2) is 103 Å². The number of rotatable bonds is 11. The van der Waals surface area contributed by atoms with Gasteiger partial charge in [0, 0.05) is 42.9 Å². The van der Waals surface area contributed by atoms with Crippen molar-refractivity contribution in [3.05, 3.63) is 120 Å². The molecular weight excluding hydrogens is 699 g/mol. The number of para-hydroxylation sites is 2. The summed E-state index contributed by atoms with van der Waals surface area (Å²) in [4.78, 5) is 32.5. The van der Waals surface area contributed by atoms with Gasteiger partial charge in [-0.3, -0.25) is 19.2 Å².